The van der Waals surface area contributed by atoms with Gasteiger partial charge in [0.1, 0.15) is 11.9 Å². The Balaban J connectivity index is 2.80. The molecule has 0 bridgehead atoms. The SMILES string of the molecule is Cc1cc(Cl)c(C(C)C)cc1OC(C)CNC(C)C. The van der Waals surface area contributed by atoms with Gasteiger partial charge in [-0.2, -0.15) is 0 Å². The molecule has 0 aliphatic rings. The van der Waals surface area contributed by atoms with Crippen molar-refractivity contribution in [1.82, 2.24) is 5.32 Å². The molecule has 1 N–H and O–H groups in total. The summed E-state index contributed by atoms with van der Waals surface area (Å²) in [7, 11) is 0. The van der Waals surface area contributed by atoms with E-state index in [4.69, 9.17) is 16.3 Å². The summed E-state index contributed by atoms with van der Waals surface area (Å²) >= 11 is 6.27. The van der Waals surface area contributed by atoms with E-state index in [1.165, 1.54) is 0 Å². The Kier molecular flexibility index (Phi) is 6.15. The number of hydrogen-bond acceptors (Lipinski definition) is 2. The first-order chi connectivity index (χ1) is 8.81. The third kappa shape index (κ3) is 5.04. The molecule has 0 fully saturated rings. The van der Waals surface area contributed by atoms with Gasteiger partial charge in [0.2, 0.25) is 0 Å². The van der Waals surface area contributed by atoms with E-state index in [9.17, 15) is 0 Å². The first-order valence-electron chi connectivity index (χ1n) is 7.01. The molecule has 1 rings (SSSR count). The Bertz CT molecular complexity index is 415. The van der Waals surface area contributed by atoms with Gasteiger partial charge in [-0.25, -0.2) is 0 Å². The third-order valence-electron chi connectivity index (χ3n) is 3.06. The molecule has 3 heteroatoms. The fourth-order valence-electron chi connectivity index (χ4n) is 1.90. The molecule has 1 unspecified atom stereocenters. The number of aryl methyl sites for hydroxylation is 1. The molecule has 1 atom stereocenters. The van der Waals surface area contributed by atoms with Crippen LogP contribution in [0.25, 0.3) is 0 Å². The number of ether oxygens (including phenoxy) is 1. The molecule has 1 aromatic rings. The average Bonchev–Trinajstić information content (AvgIpc) is 2.29. The summed E-state index contributed by atoms with van der Waals surface area (Å²) in [6.07, 6.45) is 0.141. The van der Waals surface area contributed by atoms with Gasteiger partial charge in [0, 0.05) is 17.6 Å². The first kappa shape index (κ1) is 16.3. The van der Waals surface area contributed by atoms with Crippen LogP contribution in [0.1, 0.15) is 51.7 Å². The minimum Gasteiger partial charge on any atom is -0.489 e. The van der Waals surface area contributed by atoms with Crippen LogP contribution in [0.2, 0.25) is 5.02 Å². The Morgan fingerprint density at radius 3 is 2.32 bits per heavy atom. The van der Waals surface area contributed by atoms with Crippen LogP contribution in [-0.4, -0.2) is 18.7 Å². The van der Waals surface area contributed by atoms with E-state index in [0.29, 0.717) is 12.0 Å². The molecule has 0 aliphatic heterocycles. The van der Waals surface area contributed by atoms with E-state index < -0.39 is 0 Å². The van der Waals surface area contributed by atoms with E-state index in [2.05, 4.69) is 46.0 Å². The van der Waals surface area contributed by atoms with Crippen molar-refractivity contribution in [1.29, 1.82) is 0 Å². The number of hydrogen-bond donors (Lipinski definition) is 1. The molecule has 0 radical (unpaired) electrons. The first-order valence-corrected chi connectivity index (χ1v) is 7.39. The summed E-state index contributed by atoms with van der Waals surface area (Å²) in [6.45, 7) is 13.5. The standard InChI is InChI=1S/C16H26ClNO/c1-10(2)14-8-16(12(5)7-15(14)17)19-13(6)9-18-11(3)4/h7-8,10-11,13,18H,9H2,1-6H3. The van der Waals surface area contributed by atoms with Crippen LogP contribution < -0.4 is 10.1 Å². The topological polar surface area (TPSA) is 21.3 Å². The highest BCUT2D eigenvalue weighted by atomic mass is 35.5. The van der Waals surface area contributed by atoms with Gasteiger partial charge < -0.3 is 10.1 Å². The van der Waals surface area contributed by atoms with Gasteiger partial charge in [-0.05, 0) is 43.0 Å². The van der Waals surface area contributed by atoms with E-state index in [0.717, 1.165) is 28.4 Å². The minimum absolute atomic E-state index is 0.141. The lowest BCUT2D eigenvalue weighted by Crippen LogP contribution is -2.33. The third-order valence-corrected chi connectivity index (χ3v) is 3.39. The van der Waals surface area contributed by atoms with Crippen molar-refractivity contribution in [2.24, 2.45) is 0 Å². The fraction of sp³-hybridized carbons (Fsp3) is 0.625. The monoisotopic (exact) mass is 283 g/mol. The normalized spacial score (nSPS) is 13.1. The lowest BCUT2D eigenvalue weighted by atomic mass is 10.0. The summed E-state index contributed by atoms with van der Waals surface area (Å²) < 4.78 is 6.02. The molecule has 0 saturated heterocycles. The largest absolute Gasteiger partial charge is 0.489 e. The van der Waals surface area contributed by atoms with Gasteiger partial charge in [-0.15, -0.1) is 0 Å². The highest BCUT2D eigenvalue weighted by molar-refractivity contribution is 6.31. The molecule has 0 heterocycles. The number of halogens is 1. The van der Waals surface area contributed by atoms with Crippen molar-refractivity contribution in [3.05, 3.63) is 28.3 Å². The minimum atomic E-state index is 0.141. The fourth-order valence-corrected chi connectivity index (χ4v) is 2.33. The predicted octanol–water partition coefficient (Wildman–Crippen LogP) is 4.54. The van der Waals surface area contributed by atoms with Crippen molar-refractivity contribution in [2.45, 2.75) is 59.6 Å². The van der Waals surface area contributed by atoms with Crippen LogP contribution in [-0.2, 0) is 0 Å². The molecule has 0 spiro atoms. The van der Waals surface area contributed by atoms with Crippen LogP contribution in [0, 0.1) is 6.92 Å². The van der Waals surface area contributed by atoms with Crippen LogP contribution in [0.4, 0.5) is 0 Å². The summed E-state index contributed by atoms with van der Waals surface area (Å²) in [6, 6.07) is 4.55. The second-order valence-corrected chi connectivity index (χ2v) is 6.19. The maximum Gasteiger partial charge on any atom is 0.123 e. The van der Waals surface area contributed by atoms with Crippen LogP contribution in [0.3, 0.4) is 0 Å². The lowest BCUT2D eigenvalue weighted by Gasteiger charge is -2.20. The second-order valence-electron chi connectivity index (χ2n) is 5.79. The van der Waals surface area contributed by atoms with Gasteiger partial charge in [-0.1, -0.05) is 39.3 Å². The van der Waals surface area contributed by atoms with Crippen molar-refractivity contribution < 1.29 is 4.74 Å². The molecule has 1 aromatic carbocycles. The zero-order valence-corrected chi connectivity index (χ0v) is 13.6. The number of nitrogens with one attached hydrogen (secondary N) is 1. The van der Waals surface area contributed by atoms with Gasteiger partial charge in [0.25, 0.3) is 0 Å². The Labute approximate surface area is 122 Å². The van der Waals surface area contributed by atoms with Crippen molar-refractivity contribution in [3.63, 3.8) is 0 Å². The van der Waals surface area contributed by atoms with Crippen molar-refractivity contribution in [2.75, 3.05) is 6.54 Å². The van der Waals surface area contributed by atoms with Gasteiger partial charge >= 0.3 is 0 Å². The molecule has 108 valence electrons. The smallest absolute Gasteiger partial charge is 0.123 e. The zero-order valence-electron chi connectivity index (χ0n) is 12.9. The predicted molar refractivity (Wildman–Crippen MR) is 83.5 cm³/mol. The maximum absolute atomic E-state index is 6.27. The Hall–Kier alpha value is -0.730. The Morgan fingerprint density at radius 1 is 1.16 bits per heavy atom. The zero-order chi connectivity index (χ0) is 14.6. The number of benzene rings is 1. The van der Waals surface area contributed by atoms with Gasteiger partial charge in [0.15, 0.2) is 0 Å². The average molecular weight is 284 g/mol. The quantitative estimate of drug-likeness (QED) is 0.828. The van der Waals surface area contributed by atoms with Crippen molar-refractivity contribution in [3.8, 4) is 5.75 Å². The summed E-state index contributed by atoms with van der Waals surface area (Å²) in [5, 5.41) is 4.21. The van der Waals surface area contributed by atoms with Crippen LogP contribution in [0.5, 0.6) is 5.75 Å². The highest BCUT2D eigenvalue weighted by Crippen LogP contribution is 2.31. The lowest BCUT2D eigenvalue weighted by molar-refractivity contribution is 0.212. The maximum atomic E-state index is 6.27. The van der Waals surface area contributed by atoms with Crippen LogP contribution in [0.15, 0.2) is 12.1 Å². The highest BCUT2D eigenvalue weighted by Gasteiger charge is 2.12. The summed E-state index contributed by atoms with van der Waals surface area (Å²) in [4.78, 5) is 0. The molecule has 0 amide bonds. The van der Waals surface area contributed by atoms with Crippen LogP contribution >= 0.6 is 11.6 Å². The molecule has 19 heavy (non-hydrogen) atoms. The van der Waals surface area contributed by atoms with E-state index in [1.54, 1.807) is 0 Å². The summed E-state index contributed by atoms with van der Waals surface area (Å²) in [5.41, 5.74) is 2.23. The van der Waals surface area contributed by atoms with E-state index in [1.807, 2.05) is 13.0 Å². The molecule has 0 aromatic heterocycles. The van der Waals surface area contributed by atoms with E-state index >= 15 is 0 Å². The van der Waals surface area contributed by atoms with E-state index in [-0.39, 0.29) is 6.10 Å². The second kappa shape index (κ2) is 7.16. The molecule has 0 aliphatic carbocycles. The van der Waals surface area contributed by atoms with Gasteiger partial charge in [0.05, 0.1) is 0 Å². The van der Waals surface area contributed by atoms with Gasteiger partial charge in [-0.3, -0.25) is 0 Å². The van der Waals surface area contributed by atoms with Crippen molar-refractivity contribution >= 4 is 11.6 Å². The Morgan fingerprint density at radius 2 is 1.79 bits per heavy atom. The molecule has 0 saturated carbocycles. The molecular formula is C16H26ClNO. The molecular weight excluding hydrogens is 258 g/mol. The molecule has 2 nitrogen and oxygen atoms in total. The number of rotatable bonds is 6. The summed E-state index contributed by atoms with van der Waals surface area (Å²) in [5.74, 6) is 1.34.